The highest BCUT2D eigenvalue weighted by Crippen LogP contribution is 2.44. The maximum absolute atomic E-state index is 13.7. The molecule has 1 N–H and O–H groups in total. The van der Waals surface area contributed by atoms with Crippen LogP contribution in [0.3, 0.4) is 0 Å². The third-order valence-corrected chi connectivity index (χ3v) is 5.14. The second-order valence-electron chi connectivity index (χ2n) is 7.06. The predicted molar refractivity (Wildman–Crippen MR) is 111 cm³/mol. The fourth-order valence-corrected chi connectivity index (χ4v) is 3.66. The Labute approximate surface area is 173 Å². The zero-order valence-electron chi connectivity index (χ0n) is 16.3. The number of rotatable bonds is 3. The topological polar surface area (TPSA) is 38.3 Å². The fraction of sp³-hybridized carbons (Fsp3) is 0.160. The molecule has 0 radical (unpaired) electrons. The van der Waals surface area contributed by atoms with Gasteiger partial charge in [-0.3, -0.25) is 0 Å². The van der Waals surface area contributed by atoms with Crippen LogP contribution < -0.4 is 5.32 Å². The molecular formula is C25H19F2NO2. The van der Waals surface area contributed by atoms with Crippen LogP contribution in [0.1, 0.15) is 28.2 Å². The molecule has 0 atom stereocenters. The van der Waals surface area contributed by atoms with E-state index in [1.807, 2.05) is 36.4 Å². The zero-order chi connectivity index (χ0) is 21.1. The van der Waals surface area contributed by atoms with Crippen molar-refractivity contribution in [1.82, 2.24) is 5.32 Å². The molecule has 0 unspecified atom stereocenters. The Kier molecular flexibility index (Phi) is 5.49. The Morgan fingerprint density at radius 3 is 2.30 bits per heavy atom. The normalized spacial score (nSPS) is 11.8. The van der Waals surface area contributed by atoms with Gasteiger partial charge in [-0.1, -0.05) is 60.4 Å². The fourth-order valence-electron chi connectivity index (χ4n) is 3.66. The Morgan fingerprint density at radius 1 is 1.00 bits per heavy atom. The van der Waals surface area contributed by atoms with Crippen molar-refractivity contribution in [3.05, 3.63) is 94.6 Å². The van der Waals surface area contributed by atoms with Gasteiger partial charge in [-0.15, -0.1) is 0 Å². The van der Waals surface area contributed by atoms with Crippen molar-refractivity contribution in [2.75, 3.05) is 13.2 Å². The van der Waals surface area contributed by atoms with Crippen molar-refractivity contribution in [3.8, 4) is 23.0 Å². The number of hydrogen-bond acceptors (Lipinski definition) is 2. The number of hydrogen-bond donors (Lipinski definition) is 1. The van der Waals surface area contributed by atoms with Crippen LogP contribution in [-0.2, 0) is 4.74 Å². The summed E-state index contributed by atoms with van der Waals surface area (Å²) in [5.74, 6) is 3.88. The molecule has 3 aromatic rings. The summed E-state index contributed by atoms with van der Waals surface area (Å²) in [4.78, 5) is 12.1. The quantitative estimate of drug-likeness (QED) is 0.613. The summed E-state index contributed by atoms with van der Waals surface area (Å²) in [5, 5.41) is 2.54. The monoisotopic (exact) mass is 403 g/mol. The van der Waals surface area contributed by atoms with E-state index < -0.39 is 17.7 Å². The van der Waals surface area contributed by atoms with E-state index in [-0.39, 0.29) is 24.6 Å². The minimum absolute atomic E-state index is 0.00740. The highest BCUT2D eigenvalue weighted by molar-refractivity contribution is 5.79. The largest absolute Gasteiger partial charge is 0.449 e. The molecule has 0 saturated carbocycles. The van der Waals surface area contributed by atoms with Crippen molar-refractivity contribution in [1.29, 1.82) is 0 Å². The lowest BCUT2D eigenvalue weighted by Crippen LogP contribution is -2.26. The first-order chi connectivity index (χ1) is 14.5. The van der Waals surface area contributed by atoms with Crippen LogP contribution in [0.4, 0.5) is 13.6 Å². The van der Waals surface area contributed by atoms with Gasteiger partial charge in [0.25, 0.3) is 0 Å². The van der Waals surface area contributed by atoms with E-state index in [9.17, 15) is 13.6 Å². The first-order valence-electron chi connectivity index (χ1n) is 9.58. The van der Waals surface area contributed by atoms with Gasteiger partial charge >= 0.3 is 6.09 Å². The SMILES string of the molecule is Cc1cc(C#CCNC(=O)OCC2c3ccccc3-c3ccccc32)c(F)cc1F. The van der Waals surface area contributed by atoms with Crippen molar-refractivity contribution in [2.24, 2.45) is 0 Å². The van der Waals surface area contributed by atoms with Gasteiger partial charge in [0, 0.05) is 12.0 Å². The molecule has 1 aliphatic rings. The summed E-state index contributed by atoms with van der Waals surface area (Å²) in [6.07, 6.45) is -0.595. The van der Waals surface area contributed by atoms with Crippen LogP contribution in [0, 0.1) is 30.4 Å². The summed E-state index contributed by atoms with van der Waals surface area (Å²) in [6.45, 7) is 1.74. The molecule has 0 aromatic heterocycles. The number of carbonyl (C=O) groups is 1. The van der Waals surface area contributed by atoms with Gasteiger partial charge < -0.3 is 10.1 Å². The average molecular weight is 403 g/mol. The van der Waals surface area contributed by atoms with Crippen LogP contribution in [0.5, 0.6) is 0 Å². The second kappa shape index (κ2) is 8.38. The maximum Gasteiger partial charge on any atom is 0.407 e. The summed E-state index contributed by atoms with van der Waals surface area (Å²) in [5.41, 5.74) is 4.98. The Bertz CT molecular complexity index is 1130. The highest BCUT2D eigenvalue weighted by atomic mass is 19.1. The summed E-state index contributed by atoms with van der Waals surface area (Å²) in [7, 11) is 0. The number of nitrogens with one attached hydrogen (secondary N) is 1. The Balaban J connectivity index is 1.36. The summed E-state index contributed by atoms with van der Waals surface area (Å²) in [6, 6.07) is 18.3. The first-order valence-corrected chi connectivity index (χ1v) is 9.58. The molecule has 0 fully saturated rings. The minimum atomic E-state index is -0.730. The van der Waals surface area contributed by atoms with Gasteiger partial charge in [-0.25, -0.2) is 13.6 Å². The first kappa shape index (κ1) is 19.7. The molecule has 1 aliphatic carbocycles. The van der Waals surface area contributed by atoms with E-state index in [2.05, 4.69) is 29.3 Å². The zero-order valence-corrected chi connectivity index (χ0v) is 16.3. The lowest BCUT2D eigenvalue weighted by Gasteiger charge is -2.14. The molecule has 0 saturated heterocycles. The van der Waals surface area contributed by atoms with Gasteiger partial charge in [0.2, 0.25) is 0 Å². The van der Waals surface area contributed by atoms with E-state index >= 15 is 0 Å². The molecule has 0 bridgehead atoms. The number of carbonyl (C=O) groups excluding carboxylic acids is 1. The standard InChI is InChI=1S/C25H19F2NO2/c1-16-13-17(24(27)14-23(16)26)7-6-12-28-25(29)30-15-22-20-10-4-2-8-18(20)19-9-3-5-11-21(19)22/h2-5,8-11,13-14,22H,12,15H2,1H3,(H,28,29). The van der Waals surface area contributed by atoms with Crippen LogP contribution in [0.25, 0.3) is 11.1 Å². The van der Waals surface area contributed by atoms with Crippen molar-refractivity contribution in [3.63, 3.8) is 0 Å². The number of aryl methyl sites for hydroxylation is 1. The minimum Gasteiger partial charge on any atom is -0.449 e. The van der Waals surface area contributed by atoms with E-state index in [0.29, 0.717) is 5.56 Å². The molecule has 4 rings (SSSR count). The lowest BCUT2D eigenvalue weighted by molar-refractivity contribution is 0.144. The van der Waals surface area contributed by atoms with Gasteiger partial charge in [-0.05, 0) is 40.8 Å². The third-order valence-electron chi connectivity index (χ3n) is 5.14. The number of halogens is 2. The van der Waals surface area contributed by atoms with Gasteiger partial charge in [0.05, 0.1) is 12.1 Å². The van der Waals surface area contributed by atoms with Gasteiger partial charge in [-0.2, -0.15) is 0 Å². The van der Waals surface area contributed by atoms with Crippen LogP contribution >= 0.6 is 0 Å². The average Bonchev–Trinajstić information content (AvgIpc) is 3.07. The second-order valence-corrected chi connectivity index (χ2v) is 7.06. The number of ether oxygens (including phenoxy) is 1. The van der Waals surface area contributed by atoms with Gasteiger partial charge in [0.1, 0.15) is 18.2 Å². The van der Waals surface area contributed by atoms with E-state index in [4.69, 9.17) is 4.74 Å². The van der Waals surface area contributed by atoms with E-state index in [1.165, 1.54) is 13.0 Å². The van der Waals surface area contributed by atoms with Crippen molar-refractivity contribution in [2.45, 2.75) is 12.8 Å². The smallest absolute Gasteiger partial charge is 0.407 e. The highest BCUT2D eigenvalue weighted by Gasteiger charge is 2.28. The van der Waals surface area contributed by atoms with E-state index in [0.717, 1.165) is 28.3 Å². The molecule has 3 aromatic carbocycles. The molecule has 5 heteroatoms. The number of fused-ring (bicyclic) bond motifs is 3. The lowest BCUT2D eigenvalue weighted by atomic mass is 9.98. The number of alkyl carbamates (subject to hydrolysis) is 1. The predicted octanol–water partition coefficient (Wildman–Crippen LogP) is 5.16. The molecule has 1 amide bonds. The van der Waals surface area contributed by atoms with Gasteiger partial charge in [0.15, 0.2) is 0 Å². The van der Waals surface area contributed by atoms with Crippen molar-refractivity contribution < 1.29 is 18.3 Å². The third kappa shape index (κ3) is 3.90. The number of amides is 1. The van der Waals surface area contributed by atoms with Crippen LogP contribution in [0.15, 0.2) is 60.7 Å². The molecule has 0 spiro atoms. The molecule has 0 heterocycles. The Morgan fingerprint density at radius 2 is 1.63 bits per heavy atom. The number of benzene rings is 3. The molecule has 150 valence electrons. The molecule has 0 aliphatic heterocycles. The molecular weight excluding hydrogens is 384 g/mol. The molecule has 3 nitrogen and oxygen atoms in total. The van der Waals surface area contributed by atoms with Crippen LogP contribution in [-0.4, -0.2) is 19.2 Å². The van der Waals surface area contributed by atoms with Crippen LogP contribution in [0.2, 0.25) is 0 Å². The summed E-state index contributed by atoms with van der Waals surface area (Å²) >= 11 is 0. The molecule has 30 heavy (non-hydrogen) atoms. The Hall–Kier alpha value is -3.65. The maximum atomic E-state index is 13.7. The van der Waals surface area contributed by atoms with E-state index in [1.54, 1.807) is 0 Å². The van der Waals surface area contributed by atoms with Crippen molar-refractivity contribution >= 4 is 6.09 Å². The summed E-state index contributed by atoms with van der Waals surface area (Å²) < 4.78 is 32.4.